The van der Waals surface area contributed by atoms with Crippen LogP contribution in [0.25, 0.3) is 4.96 Å². The van der Waals surface area contributed by atoms with Crippen LogP contribution >= 0.6 is 11.3 Å². The van der Waals surface area contributed by atoms with Crippen molar-refractivity contribution in [1.82, 2.24) is 14.3 Å². The monoisotopic (exact) mass is 326 g/mol. The molecule has 4 rings (SSSR count). The number of aryl methyl sites for hydroxylation is 1. The Bertz CT molecular complexity index is 845. The number of aromatic nitrogens is 2. The second kappa shape index (κ2) is 5.70. The molecule has 1 amide bonds. The lowest BCUT2D eigenvalue weighted by Crippen LogP contribution is -2.49. The highest BCUT2D eigenvalue weighted by atomic mass is 32.1. The van der Waals surface area contributed by atoms with Crippen molar-refractivity contribution < 1.29 is 4.79 Å². The number of carbonyl (C=O) groups excluding carboxylic acids is 1. The Kier molecular flexibility index (Phi) is 3.53. The molecule has 3 aromatic rings. The molecule has 0 N–H and O–H groups in total. The second-order valence-corrected chi connectivity index (χ2v) is 6.66. The minimum Gasteiger partial charge on any atom is -0.368 e. The van der Waals surface area contributed by atoms with Gasteiger partial charge in [-0.1, -0.05) is 12.1 Å². The molecular weight excluding hydrogens is 308 g/mol. The SMILES string of the molecule is Cc1cccc(N2CCN(C(=O)c3csc4nccn34)CC2)c1. The van der Waals surface area contributed by atoms with Gasteiger partial charge in [0.05, 0.1) is 0 Å². The molecule has 23 heavy (non-hydrogen) atoms. The van der Waals surface area contributed by atoms with E-state index in [2.05, 4.69) is 41.1 Å². The molecule has 1 fully saturated rings. The number of rotatable bonds is 2. The fraction of sp³-hybridized carbons (Fsp3) is 0.294. The molecule has 0 spiro atoms. The largest absolute Gasteiger partial charge is 0.368 e. The van der Waals surface area contributed by atoms with E-state index in [0.29, 0.717) is 5.69 Å². The van der Waals surface area contributed by atoms with Crippen LogP contribution in [0.4, 0.5) is 5.69 Å². The number of carbonyl (C=O) groups is 1. The van der Waals surface area contributed by atoms with Gasteiger partial charge in [0.1, 0.15) is 5.69 Å². The molecule has 1 aliphatic rings. The molecule has 3 heterocycles. The van der Waals surface area contributed by atoms with E-state index in [1.54, 1.807) is 6.20 Å². The van der Waals surface area contributed by atoms with E-state index in [0.717, 1.165) is 31.1 Å². The highest BCUT2D eigenvalue weighted by molar-refractivity contribution is 7.15. The summed E-state index contributed by atoms with van der Waals surface area (Å²) in [6.07, 6.45) is 3.58. The number of hydrogen-bond acceptors (Lipinski definition) is 4. The third-order valence-electron chi connectivity index (χ3n) is 4.30. The molecule has 6 heteroatoms. The average Bonchev–Trinajstić information content (AvgIpc) is 3.18. The van der Waals surface area contributed by atoms with E-state index in [9.17, 15) is 4.79 Å². The summed E-state index contributed by atoms with van der Waals surface area (Å²) in [5.74, 6) is 0.0955. The van der Waals surface area contributed by atoms with Crippen molar-refractivity contribution in [2.75, 3.05) is 31.1 Å². The zero-order chi connectivity index (χ0) is 15.8. The van der Waals surface area contributed by atoms with Crippen LogP contribution < -0.4 is 4.90 Å². The molecule has 5 nitrogen and oxygen atoms in total. The van der Waals surface area contributed by atoms with Gasteiger partial charge >= 0.3 is 0 Å². The number of amides is 1. The number of imidazole rings is 1. The molecular formula is C17H18N4OS. The van der Waals surface area contributed by atoms with Crippen molar-refractivity contribution in [2.45, 2.75) is 6.92 Å². The quantitative estimate of drug-likeness (QED) is 0.727. The standard InChI is InChI=1S/C17H18N4OS/c1-13-3-2-4-14(11-13)19-7-9-20(10-8-19)16(22)15-12-23-17-18-5-6-21(15)17/h2-6,11-12H,7-10H2,1H3. The second-order valence-electron chi connectivity index (χ2n) is 5.82. The van der Waals surface area contributed by atoms with E-state index in [-0.39, 0.29) is 5.91 Å². The van der Waals surface area contributed by atoms with E-state index in [1.807, 2.05) is 20.9 Å². The van der Waals surface area contributed by atoms with Gasteiger partial charge in [0.25, 0.3) is 5.91 Å². The van der Waals surface area contributed by atoms with Gasteiger partial charge in [-0.2, -0.15) is 0 Å². The number of nitrogens with zero attached hydrogens (tertiary/aromatic N) is 4. The number of anilines is 1. The molecule has 1 aliphatic heterocycles. The molecule has 0 atom stereocenters. The average molecular weight is 326 g/mol. The topological polar surface area (TPSA) is 40.8 Å². The number of thiazole rings is 1. The van der Waals surface area contributed by atoms with E-state index in [1.165, 1.54) is 22.6 Å². The first-order valence-corrected chi connectivity index (χ1v) is 8.62. The van der Waals surface area contributed by atoms with Crippen molar-refractivity contribution >= 4 is 27.9 Å². The molecule has 0 aliphatic carbocycles. The summed E-state index contributed by atoms with van der Waals surface area (Å²) in [5, 5.41) is 1.90. The van der Waals surface area contributed by atoms with Crippen molar-refractivity contribution in [3.63, 3.8) is 0 Å². The van der Waals surface area contributed by atoms with Crippen LogP contribution in [0.2, 0.25) is 0 Å². The first kappa shape index (κ1) is 14.3. The zero-order valence-corrected chi connectivity index (χ0v) is 13.8. The minimum atomic E-state index is 0.0955. The number of piperazine rings is 1. The summed E-state index contributed by atoms with van der Waals surface area (Å²) in [7, 11) is 0. The molecule has 1 saturated heterocycles. The third kappa shape index (κ3) is 2.59. The number of benzene rings is 1. The number of hydrogen-bond donors (Lipinski definition) is 0. The summed E-state index contributed by atoms with van der Waals surface area (Å²) in [5.41, 5.74) is 3.22. The Morgan fingerprint density at radius 1 is 1.22 bits per heavy atom. The Labute approximate surface area is 138 Å². The highest BCUT2D eigenvalue weighted by Crippen LogP contribution is 2.20. The van der Waals surface area contributed by atoms with Crippen molar-refractivity contribution in [1.29, 1.82) is 0 Å². The lowest BCUT2D eigenvalue weighted by Gasteiger charge is -2.36. The van der Waals surface area contributed by atoms with Crippen molar-refractivity contribution in [2.24, 2.45) is 0 Å². The summed E-state index contributed by atoms with van der Waals surface area (Å²) < 4.78 is 1.87. The van der Waals surface area contributed by atoms with E-state index >= 15 is 0 Å². The first-order chi connectivity index (χ1) is 11.2. The van der Waals surface area contributed by atoms with Gasteiger partial charge < -0.3 is 9.80 Å². The summed E-state index contributed by atoms with van der Waals surface area (Å²) in [6, 6.07) is 8.53. The van der Waals surface area contributed by atoms with Crippen LogP contribution in [0.1, 0.15) is 16.1 Å². The van der Waals surface area contributed by atoms with Crippen LogP contribution in [0.3, 0.4) is 0 Å². The smallest absolute Gasteiger partial charge is 0.271 e. The first-order valence-electron chi connectivity index (χ1n) is 7.74. The molecule has 1 aromatic carbocycles. The maximum atomic E-state index is 12.7. The highest BCUT2D eigenvalue weighted by Gasteiger charge is 2.24. The molecule has 0 bridgehead atoms. The zero-order valence-electron chi connectivity index (χ0n) is 13.0. The van der Waals surface area contributed by atoms with Crippen LogP contribution in [0, 0.1) is 6.92 Å². The minimum absolute atomic E-state index is 0.0955. The van der Waals surface area contributed by atoms with Gasteiger partial charge in [-0.15, -0.1) is 11.3 Å². The predicted octanol–water partition coefficient (Wildman–Crippen LogP) is 2.67. The van der Waals surface area contributed by atoms with Crippen molar-refractivity contribution in [3.8, 4) is 0 Å². The maximum Gasteiger partial charge on any atom is 0.271 e. The fourth-order valence-electron chi connectivity index (χ4n) is 3.03. The molecule has 0 unspecified atom stereocenters. The normalized spacial score (nSPS) is 15.3. The van der Waals surface area contributed by atoms with Gasteiger partial charge in [-0.25, -0.2) is 4.98 Å². The number of fused-ring (bicyclic) bond motifs is 1. The third-order valence-corrected chi connectivity index (χ3v) is 5.15. The van der Waals surface area contributed by atoms with Gasteiger partial charge in [0, 0.05) is 49.6 Å². The van der Waals surface area contributed by atoms with Gasteiger partial charge in [0.15, 0.2) is 4.96 Å². The lowest BCUT2D eigenvalue weighted by atomic mass is 10.2. The predicted molar refractivity (Wildman–Crippen MR) is 92.4 cm³/mol. The maximum absolute atomic E-state index is 12.7. The van der Waals surface area contributed by atoms with Gasteiger partial charge in [-0.05, 0) is 24.6 Å². The van der Waals surface area contributed by atoms with Crippen LogP contribution in [0.15, 0.2) is 42.0 Å². The van der Waals surface area contributed by atoms with Gasteiger partial charge in [0.2, 0.25) is 0 Å². The van der Waals surface area contributed by atoms with E-state index in [4.69, 9.17) is 0 Å². The summed E-state index contributed by atoms with van der Waals surface area (Å²) >= 11 is 1.51. The van der Waals surface area contributed by atoms with Crippen LogP contribution in [-0.2, 0) is 0 Å². The Morgan fingerprint density at radius 2 is 2.04 bits per heavy atom. The molecule has 118 valence electrons. The van der Waals surface area contributed by atoms with Crippen molar-refractivity contribution in [3.05, 3.63) is 53.3 Å². The molecule has 0 radical (unpaired) electrons. The van der Waals surface area contributed by atoms with E-state index < -0.39 is 0 Å². The van der Waals surface area contributed by atoms with Gasteiger partial charge in [-0.3, -0.25) is 9.20 Å². The Balaban J connectivity index is 1.47. The van der Waals surface area contributed by atoms with Crippen LogP contribution in [-0.4, -0.2) is 46.4 Å². The van der Waals surface area contributed by atoms with Crippen LogP contribution in [0.5, 0.6) is 0 Å². The molecule has 2 aromatic heterocycles. The summed E-state index contributed by atoms with van der Waals surface area (Å²) in [6.45, 7) is 5.34. The summed E-state index contributed by atoms with van der Waals surface area (Å²) in [4.78, 5) is 22.1. The molecule has 0 saturated carbocycles. The Hall–Kier alpha value is -2.34. The lowest BCUT2D eigenvalue weighted by molar-refractivity contribution is 0.0740. The fourth-order valence-corrected chi connectivity index (χ4v) is 3.86. The Morgan fingerprint density at radius 3 is 2.83 bits per heavy atom.